The Morgan fingerprint density at radius 1 is 1.07 bits per heavy atom. The van der Waals surface area contributed by atoms with Crippen molar-refractivity contribution in [3.8, 4) is 17.2 Å². The van der Waals surface area contributed by atoms with Crippen molar-refractivity contribution >= 4 is 18.0 Å². The lowest BCUT2D eigenvalue weighted by Crippen LogP contribution is -2.11. The van der Waals surface area contributed by atoms with E-state index in [2.05, 4.69) is 0 Å². The van der Waals surface area contributed by atoms with Gasteiger partial charge in [-0.1, -0.05) is 12.1 Å². The molecule has 0 amide bonds. The molecule has 0 atom stereocenters. The molecule has 2 aromatic rings. The molecular formula is C21H19F3O6. The van der Waals surface area contributed by atoms with Gasteiger partial charge in [-0.25, -0.2) is 9.59 Å². The molecule has 0 aromatic heterocycles. The average molecular weight is 424 g/mol. The molecule has 0 aliphatic carbocycles. The van der Waals surface area contributed by atoms with Crippen molar-refractivity contribution < 1.29 is 42.1 Å². The number of hydrogen-bond donors (Lipinski definition) is 1. The van der Waals surface area contributed by atoms with Crippen LogP contribution in [-0.2, 0) is 4.79 Å². The first-order valence-corrected chi connectivity index (χ1v) is 8.79. The first kappa shape index (κ1) is 22.8. The Morgan fingerprint density at radius 3 is 2.37 bits per heavy atom. The van der Waals surface area contributed by atoms with E-state index in [0.717, 1.165) is 6.08 Å². The number of esters is 1. The molecule has 160 valence electrons. The molecule has 0 aliphatic rings. The second-order valence-electron chi connectivity index (χ2n) is 6.06. The molecule has 6 nitrogen and oxygen atoms in total. The third kappa shape index (κ3) is 7.50. The third-order valence-electron chi connectivity index (χ3n) is 3.77. The summed E-state index contributed by atoms with van der Waals surface area (Å²) in [5.41, 5.74) is 0.773. The molecule has 0 saturated carbocycles. The smallest absolute Gasteiger partial charge is 0.389 e. The number of carbonyl (C=O) groups is 2. The maximum atomic E-state index is 12.3. The van der Waals surface area contributed by atoms with Gasteiger partial charge >= 0.3 is 18.1 Å². The average Bonchev–Trinajstić information content (AvgIpc) is 2.70. The predicted molar refractivity (Wildman–Crippen MR) is 102 cm³/mol. The molecule has 0 aliphatic heterocycles. The van der Waals surface area contributed by atoms with Gasteiger partial charge in [0.2, 0.25) is 0 Å². The van der Waals surface area contributed by atoms with Crippen molar-refractivity contribution in [1.82, 2.24) is 0 Å². The second-order valence-corrected chi connectivity index (χ2v) is 6.06. The fraction of sp³-hybridized carbons (Fsp3) is 0.238. The zero-order valence-corrected chi connectivity index (χ0v) is 15.9. The monoisotopic (exact) mass is 424 g/mol. The van der Waals surface area contributed by atoms with Gasteiger partial charge in [0.05, 0.1) is 19.3 Å². The van der Waals surface area contributed by atoms with Crippen LogP contribution in [0.5, 0.6) is 17.2 Å². The first-order valence-electron chi connectivity index (χ1n) is 8.79. The molecule has 9 heteroatoms. The number of aliphatic carboxylic acids is 1. The van der Waals surface area contributed by atoms with Crippen LogP contribution in [-0.4, -0.2) is 36.9 Å². The summed E-state index contributed by atoms with van der Waals surface area (Å²) in [5.74, 6) is -1.10. The van der Waals surface area contributed by atoms with Crippen LogP contribution >= 0.6 is 0 Å². The fourth-order valence-corrected chi connectivity index (χ4v) is 2.35. The number of carboxylic acid groups (broad SMARTS) is 1. The number of carbonyl (C=O) groups excluding carboxylic acids is 1. The summed E-state index contributed by atoms with van der Waals surface area (Å²) in [6.07, 6.45) is -3.02. The van der Waals surface area contributed by atoms with Gasteiger partial charge in [0, 0.05) is 12.5 Å². The first-order chi connectivity index (χ1) is 14.2. The van der Waals surface area contributed by atoms with Crippen LogP contribution in [0, 0.1) is 0 Å². The molecule has 2 aromatic carbocycles. The zero-order chi connectivity index (χ0) is 22.1. The van der Waals surface area contributed by atoms with E-state index in [0.29, 0.717) is 5.56 Å². The number of carboxylic acids is 1. The highest BCUT2D eigenvalue weighted by Gasteiger charge is 2.26. The summed E-state index contributed by atoms with van der Waals surface area (Å²) < 4.78 is 52.2. The Morgan fingerprint density at radius 2 is 1.77 bits per heavy atom. The Balaban J connectivity index is 1.99. The highest BCUT2D eigenvalue weighted by atomic mass is 19.4. The van der Waals surface area contributed by atoms with E-state index < -0.39 is 24.5 Å². The lowest BCUT2D eigenvalue weighted by molar-refractivity contribution is -0.136. The summed E-state index contributed by atoms with van der Waals surface area (Å²) in [6, 6.07) is 10.4. The maximum absolute atomic E-state index is 12.3. The quantitative estimate of drug-likeness (QED) is 0.271. The Bertz CT molecular complexity index is 904. The van der Waals surface area contributed by atoms with E-state index in [9.17, 15) is 22.8 Å². The van der Waals surface area contributed by atoms with Gasteiger partial charge in [0.1, 0.15) is 5.75 Å². The van der Waals surface area contributed by atoms with Gasteiger partial charge in [-0.15, -0.1) is 0 Å². The van der Waals surface area contributed by atoms with E-state index in [1.165, 1.54) is 43.5 Å². The van der Waals surface area contributed by atoms with Crippen LogP contribution in [0.3, 0.4) is 0 Å². The van der Waals surface area contributed by atoms with Gasteiger partial charge in [0.25, 0.3) is 0 Å². The van der Waals surface area contributed by atoms with Crippen molar-refractivity contribution in [3.05, 3.63) is 59.7 Å². The van der Waals surface area contributed by atoms with Gasteiger partial charge in [-0.2, -0.15) is 13.2 Å². The number of alkyl halides is 3. The molecule has 0 heterocycles. The van der Waals surface area contributed by atoms with E-state index in [1.54, 1.807) is 12.1 Å². The van der Waals surface area contributed by atoms with Gasteiger partial charge in [0.15, 0.2) is 11.5 Å². The third-order valence-corrected chi connectivity index (χ3v) is 3.77. The second kappa shape index (κ2) is 10.3. The highest BCUT2D eigenvalue weighted by molar-refractivity contribution is 5.92. The van der Waals surface area contributed by atoms with Gasteiger partial charge in [-0.3, -0.25) is 0 Å². The lowest BCUT2D eigenvalue weighted by Gasteiger charge is -2.12. The summed E-state index contributed by atoms with van der Waals surface area (Å²) >= 11 is 0. The zero-order valence-electron chi connectivity index (χ0n) is 15.9. The molecular weight excluding hydrogens is 405 g/mol. The SMILES string of the molecule is COc1cc(C(=O)Oc2ccc(C=CC(=O)O)cc2)ccc1OCCCC(F)(F)F. The Hall–Kier alpha value is -3.49. The van der Waals surface area contributed by atoms with Crippen LogP contribution < -0.4 is 14.2 Å². The maximum Gasteiger partial charge on any atom is 0.389 e. The minimum Gasteiger partial charge on any atom is -0.493 e. The molecule has 2 rings (SSSR count). The number of halogens is 3. The topological polar surface area (TPSA) is 82.1 Å². The predicted octanol–water partition coefficient (Wildman–Crippen LogP) is 4.73. The molecule has 0 unspecified atom stereocenters. The normalized spacial score (nSPS) is 11.3. The molecule has 0 saturated heterocycles. The van der Waals surface area contributed by atoms with E-state index in [1.807, 2.05) is 0 Å². The van der Waals surface area contributed by atoms with Crippen LogP contribution in [0.2, 0.25) is 0 Å². The lowest BCUT2D eigenvalue weighted by atomic mass is 10.2. The van der Waals surface area contributed by atoms with Crippen LogP contribution in [0.4, 0.5) is 13.2 Å². The van der Waals surface area contributed by atoms with E-state index in [4.69, 9.17) is 19.3 Å². The summed E-state index contributed by atoms with van der Waals surface area (Å²) in [6.45, 7) is -0.150. The standard InChI is InChI=1S/C21H19F3O6/c1-28-18-13-15(6-9-17(18)29-12-2-11-21(22,23)24)20(27)30-16-7-3-14(4-8-16)5-10-19(25)26/h3-10,13H,2,11-12H2,1H3,(H,25,26). The number of benzene rings is 2. The van der Waals surface area contributed by atoms with Crippen molar-refractivity contribution in [2.75, 3.05) is 13.7 Å². The summed E-state index contributed by atoms with van der Waals surface area (Å²) in [5, 5.41) is 8.61. The summed E-state index contributed by atoms with van der Waals surface area (Å²) in [7, 11) is 1.34. The van der Waals surface area contributed by atoms with Crippen molar-refractivity contribution in [2.24, 2.45) is 0 Å². The number of hydrogen-bond acceptors (Lipinski definition) is 5. The largest absolute Gasteiger partial charge is 0.493 e. The molecule has 0 radical (unpaired) electrons. The van der Waals surface area contributed by atoms with Crippen molar-refractivity contribution in [2.45, 2.75) is 19.0 Å². The van der Waals surface area contributed by atoms with E-state index in [-0.39, 0.29) is 35.8 Å². The van der Waals surface area contributed by atoms with Gasteiger partial charge in [-0.05, 0) is 48.4 Å². The van der Waals surface area contributed by atoms with Crippen molar-refractivity contribution in [3.63, 3.8) is 0 Å². The molecule has 30 heavy (non-hydrogen) atoms. The van der Waals surface area contributed by atoms with Crippen LogP contribution in [0.1, 0.15) is 28.8 Å². The minimum atomic E-state index is -4.24. The van der Waals surface area contributed by atoms with Gasteiger partial charge < -0.3 is 19.3 Å². The molecule has 0 fully saturated rings. The van der Waals surface area contributed by atoms with Crippen LogP contribution in [0.15, 0.2) is 48.5 Å². The number of rotatable bonds is 9. The fourth-order valence-electron chi connectivity index (χ4n) is 2.35. The molecule has 0 bridgehead atoms. The molecule has 0 spiro atoms. The Labute approximate surface area is 170 Å². The highest BCUT2D eigenvalue weighted by Crippen LogP contribution is 2.29. The summed E-state index contributed by atoms with van der Waals surface area (Å²) in [4.78, 5) is 22.8. The number of ether oxygens (including phenoxy) is 3. The van der Waals surface area contributed by atoms with Crippen LogP contribution in [0.25, 0.3) is 6.08 Å². The molecule has 1 N–H and O–H groups in total. The minimum absolute atomic E-state index is 0.150. The number of methoxy groups -OCH3 is 1. The van der Waals surface area contributed by atoms with Crippen molar-refractivity contribution in [1.29, 1.82) is 0 Å². The van der Waals surface area contributed by atoms with E-state index >= 15 is 0 Å². The Kier molecular flexibility index (Phi) is 7.85.